The summed E-state index contributed by atoms with van der Waals surface area (Å²) in [6.07, 6.45) is 3.40. The normalized spacial score (nSPS) is 9.33. The van der Waals surface area contributed by atoms with Crippen LogP contribution in [0.5, 0.6) is 0 Å². The Balaban J connectivity index is 2.46. The van der Waals surface area contributed by atoms with Crippen LogP contribution in [0.1, 0.15) is 0 Å². The van der Waals surface area contributed by atoms with Gasteiger partial charge in [0.25, 0.3) is 0 Å². The minimum absolute atomic E-state index is 0.737. The third-order valence-corrected chi connectivity index (χ3v) is 1.94. The third kappa shape index (κ3) is 2.31. The number of thiocarbonyl (C=S) groups is 1. The van der Waals surface area contributed by atoms with Gasteiger partial charge in [0.15, 0.2) is 0 Å². The van der Waals surface area contributed by atoms with E-state index in [4.69, 9.17) is 0 Å². The molecule has 15 heavy (non-hydrogen) atoms. The lowest BCUT2D eigenvalue weighted by molar-refractivity contribution is 1.24. The van der Waals surface area contributed by atoms with E-state index >= 15 is 0 Å². The smallest absolute Gasteiger partial charge is 0.0907 e. The van der Waals surface area contributed by atoms with Crippen molar-refractivity contribution in [3.8, 4) is 11.4 Å². The largest absolute Gasteiger partial charge is 0.255 e. The topological polar surface area (TPSA) is 38.1 Å². The molecule has 0 unspecified atom stereocenters. The van der Waals surface area contributed by atoms with E-state index in [1.807, 2.05) is 24.3 Å². The average molecular weight is 213 g/mol. The maximum absolute atomic E-state index is 4.54. The molecule has 0 aliphatic heterocycles. The van der Waals surface area contributed by atoms with Crippen molar-refractivity contribution in [1.29, 1.82) is 0 Å². The molecule has 0 N–H and O–H groups in total. The summed E-state index contributed by atoms with van der Waals surface area (Å²) in [5, 5.41) is 2.32. The van der Waals surface area contributed by atoms with Gasteiger partial charge in [-0.2, -0.15) is 4.99 Å². The molecule has 0 radical (unpaired) electrons. The maximum atomic E-state index is 4.54. The lowest BCUT2D eigenvalue weighted by Gasteiger charge is -1.99. The summed E-state index contributed by atoms with van der Waals surface area (Å²) in [5.74, 6) is 0. The fraction of sp³-hybridized carbons (Fsp3) is 0. The third-order valence-electron chi connectivity index (χ3n) is 1.85. The first kappa shape index (κ1) is 9.65. The highest BCUT2D eigenvalue weighted by Gasteiger charge is 1.99. The summed E-state index contributed by atoms with van der Waals surface area (Å²) in [6, 6.07) is 9.27. The Morgan fingerprint density at radius 3 is 2.67 bits per heavy atom. The minimum atomic E-state index is 0.737. The number of hydrogen-bond acceptors (Lipinski definition) is 4. The Hall–Kier alpha value is -1.90. The van der Waals surface area contributed by atoms with Gasteiger partial charge in [0.1, 0.15) is 0 Å². The first-order valence-electron chi connectivity index (χ1n) is 4.35. The van der Waals surface area contributed by atoms with E-state index in [-0.39, 0.29) is 0 Å². The van der Waals surface area contributed by atoms with E-state index < -0.39 is 0 Å². The van der Waals surface area contributed by atoms with Crippen LogP contribution in [-0.2, 0) is 0 Å². The highest BCUT2D eigenvalue weighted by Crippen LogP contribution is 2.18. The maximum Gasteiger partial charge on any atom is 0.0907 e. The first-order chi connectivity index (χ1) is 7.40. The Kier molecular flexibility index (Phi) is 2.93. The van der Waals surface area contributed by atoms with Gasteiger partial charge in [-0.1, -0.05) is 6.07 Å². The van der Waals surface area contributed by atoms with Gasteiger partial charge >= 0.3 is 0 Å². The van der Waals surface area contributed by atoms with Crippen LogP contribution in [0.3, 0.4) is 0 Å². The predicted octanol–water partition coefficient (Wildman–Crippen LogP) is 2.88. The Labute approximate surface area is 92.5 Å². The van der Waals surface area contributed by atoms with Gasteiger partial charge in [0, 0.05) is 12.4 Å². The molecule has 0 saturated heterocycles. The molecule has 0 aliphatic rings. The molecule has 3 nitrogen and oxygen atoms in total. The van der Waals surface area contributed by atoms with Crippen molar-refractivity contribution >= 4 is 23.1 Å². The Morgan fingerprint density at radius 1 is 1.07 bits per heavy atom. The molecule has 2 rings (SSSR count). The zero-order valence-corrected chi connectivity index (χ0v) is 8.61. The van der Waals surface area contributed by atoms with Crippen LogP contribution >= 0.6 is 12.2 Å². The zero-order valence-electron chi connectivity index (χ0n) is 7.79. The van der Waals surface area contributed by atoms with E-state index in [1.165, 1.54) is 0 Å². The van der Waals surface area contributed by atoms with Crippen molar-refractivity contribution in [3.63, 3.8) is 0 Å². The predicted molar refractivity (Wildman–Crippen MR) is 62.2 cm³/mol. The molecule has 0 spiro atoms. The second kappa shape index (κ2) is 4.55. The number of aliphatic imine (C=N–C) groups is 1. The van der Waals surface area contributed by atoms with Crippen molar-refractivity contribution in [3.05, 3.63) is 42.7 Å². The van der Waals surface area contributed by atoms with Crippen molar-refractivity contribution in [2.24, 2.45) is 4.99 Å². The van der Waals surface area contributed by atoms with Gasteiger partial charge in [-0.3, -0.25) is 9.97 Å². The van der Waals surface area contributed by atoms with E-state index in [0.29, 0.717) is 0 Å². The van der Waals surface area contributed by atoms with Gasteiger partial charge in [0.05, 0.1) is 22.2 Å². The molecule has 0 bridgehead atoms. The van der Waals surface area contributed by atoms with Crippen molar-refractivity contribution in [1.82, 2.24) is 9.97 Å². The molecular weight excluding hydrogens is 206 g/mol. The minimum Gasteiger partial charge on any atom is -0.255 e. The van der Waals surface area contributed by atoms with Crippen LogP contribution in [0.25, 0.3) is 11.4 Å². The first-order valence-corrected chi connectivity index (χ1v) is 4.76. The quantitative estimate of drug-likeness (QED) is 0.568. The van der Waals surface area contributed by atoms with Gasteiger partial charge in [-0.15, -0.1) is 0 Å². The van der Waals surface area contributed by atoms with E-state index in [2.05, 4.69) is 32.3 Å². The number of aromatic nitrogens is 2. The molecule has 0 saturated carbocycles. The molecule has 0 aliphatic carbocycles. The summed E-state index contributed by atoms with van der Waals surface area (Å²) < 4.78 is 0. The second-order valence-corrected chi connectivity index (χ2v) is 3.00. The summed E-state index contributed by atoms with van der Waals surface area (Å²) >= 11 is 4.54. The molecule has 2 aromatic heterocycles. The lowest BCUT2D eigenvalue weighted by Crippen LogP contribution is -1.84. The van der Waals surface area contributed by atoms with E-state index in [1.54, 1.807) is 18.5 Å². The van der Waals surface area contributed by atoms with Gasteiger partial charge in [-0.05, 0) is 36.5 Å². The molecule has 72 valence electrons. The van der Waals surface area contributed by atoms with Crippen molar-refractivity contribution in [2.75, 3.05) is 0 Å². The molecule has 0 fully saturated rings. The number of isothiocyanates is 1. The summed E-state index contributed by atoms with van der Waals surface area (Å²) in [4.78, 5) is 12.3. The number of pyridine rings is 2. The van der Waals surface area contributed by atoms with Gasteiger partial charge in [0.2, 0.25) is 0 Å². The molecular formula is C11H7N3S. The van der Waals surface area contributed by atoms with Crippen LogP contribution in [0.4, 0.5) is 5.69 Å². The molecule has 4 heteroatoms. The lowest BCUT2D eigenvalue weighted by atomic mass is 10.2. The monoisotopic (exact) mass is 213 g/mol. The van der Waals surface area contributed by atoms with Crippen LogP contribution < -0.4 is 0 Å². The fourth-order valence-electron chi connectivity index (χ4n) is 1.20. The zero-order chi connectivity index (χ0) is 10.5. The molecule has 0 aromatic carbocycles. The van der Waals surface area contributed by atoms with Crippen LogP contribution in [0, 0.1) is 0 Å². The van der Waals surface area contributed by atoms with E-state index in [9.17, 15) is 0 Å². The second-order valence-electron chi connectivity index (χ2n) is 2.82. The molecule has 0 atom stereocenters. The molecule has 0 amide bonds. The average Bonchev–Trinajstić information content (AvgIpc) is 2.31. The van der Waals surface area contributed by atoms with Crippen LogP contribution in [0.15, 0.2) is 47.7 Å². The molecule has 2 aromatic rings. The Bertz CT molecular complexity index is 504. The van der Waals surface area contributed by atoms with Gasteiger partial charge < -0.3 is 0 Å². The summed E-state index contributed by atoms with van der Waals surface area (Å²) in [6.45, 7) is 0. The Morgan fingerprint density at radius 2 is 1.93 bits per heavy atom. The SMILES string of the molecule is S=C=Nc1ccnc(-c2ccccn2)c1. The standard InChI is InChI=1S/C11H7N3S/c15-8-14-9-4-6-13-11(7-9)10-3-1-2-5-12-10/h1-7H. The highest BCUT2D eigenvalue weighted by atomic mass is 32.1. The number of hydrogen-bond donors (Lipinski definition) is 0. The van der Waals surface area contributed by atoms with Crippen molar-refractivity contribution in [2.45, 2.75) is 0 Å². The number of rotatable bonds is 2. The highest BCUT2D eigenvalue weighted by molar-refractivity contribution is 7.78. The molecule has 2 heterocycles. The van der Waals surface area contributed by atoms with Crippen LogP contribution in [0.2, 0.25) is 0 Å². The number of nitrogens with zero attached hydrogens (tertiary/aromatic N) is 3. The summed E-state index contributed by atoms with van der Waals surface area (Å²) in [7, 11) is 0. The van der Waals surface area contributed by atoms with E-state index in [0.717, 1.165) is 17.1 Å². The van der Waals surface area contributed by atoms with Gasteiger partial charge in [-0.25, -0.2) is 0 Å². The van der Waals surface area contributed by atoms with Crippen LogP contribution in [-0.4, -0.2) is 15.1 Å². The van der Waals surface area contributed by atoms with Crippen molar-refractivity contribution < 1.29 is 0 Å². The summed E-state index contributed by atoms with van der Waals surface area (Å²) in [5.41, 5.74) is 2.33. The fourth-order valence-corrected chi connectivity index (χ4v) is 1.30.